The Hall–Kier alpha value is -1.71. The molecular formula is C20H24ClNO2. The Labute approximate surface area is 148 Å². The van der Waals surface area contributed by atoms with Gasteiger partial charge in [-0.2, -0.15) is 0 Å². The number of halogens is 1. The molecule has 1 N–H and O–H groups in total. The molecule has 0 spiro atoms. The van der Waals surface area contributed by atoms with Gasteiger partial charge in [-0.3, -0.25) is 0 Å². The Morgan fingerprint density at radius 2 is 1.79 bits per heavy atom. The molecule has 0 bridgehead atoms. The number of nitrogens with one attached hydrogen (secondary N) is 1. The van der Waals surface area contributed by atoms with E-state index in [1.807, 2.05) is 24.3 Å². The average Bonchev–Trinajstić information content (AvgIpc) is 2.58. The van der Waals surface area contributed by atoms with Gasteiger partial charge in [0.1, 0.15) is 11.5 Å². The number of hydrogen-bond acceptors (Lipinski definition) is 3. The highest BCUT2D eigenvalue weighted by molar-refractivity contribution is 6.30. The van der Waals surface area contributed by atoms with Crippen molar-refractivity contribution in [3.8, 4) is 11.5 Å². The lowest BCUT2D eigenvalue weighted by Crippen LogP contribution is -2.34. The third kappa shape index (κ3) is 3.68. The summed E-state index contributed by atoms with van der Waals surface area (Å²) in [5, 5.41) is 4.47. The van der Waals surface area contributed by atoms with Crippen LogP contribution in [0.1, 0.15) is 28.7 Å². The highest BCUT2D eigenvalue weighted by Crippen LogP contribution is 2.36. The molecule has 1 unspecified atom stereocenters. The summed E-state index contributed by atoms with van der Waals surface area (Å²) in [5.41, 5.74) is 4.97. The van der Waals surface area contributed by atoms with E-state index in [2.05, 4.69) is 18.3 Å². The molecule has 0 saturated carbocycles. The molecule has 4 heteroatoms. The second-order valence-electron chi connectivity index (χ2n) is 6.38. The zero-order chi connectivity index (χ0) is 17.1. The van der Waals surface area contributed by atoms with Crippen LogP contribution >= 0.6 is 11.6 Å². The standard InChI is InChI=1S/C20H24ClNO2/c1-13-8-14(10-15(21)9-13)12-22-16-4-5-17-18(11-16)20(24-3)7-6-19(17)23-2/h6-10,16,22H,4-5,11-12H2,1-3H3. The quantitative estimate of drug-likeness (QED) is 0.875. The molecule has 128 valence electrons. The predicted molar refractivity (Wildman–Crippen MR) is 98.4 cm³/mol. The summed E-state index contributed by atoms with van der Waals surface area (Å²) in [6, 6.07) is 10.6. The molecule has 0 heterocycles. The number of methoxy groups -OCH3 is 2. The van der Waals surface area contributed by atoms with Gasteiger partial charge in [-0.05, 0) is 61.6 Å². The molecule has 3 rings (SSSR count). The summed E-state index contributed by atoms with van der Waals surface area (Å²) >= 11 is 6.15. The van der Waals surface area contributed by atoms with E-state index < -0.39 is 0 Å². The highest BCUT2D eigenvalue weighted by atomic mass is 35.5. The Morgan fingerprint density at radius 3 is 2.46 bits per heavy atom. The van der Waals surface area contributed by atoms with Gasteiger partial charge in [-0.25, -0.2) is 0 Å². The first-order valence-electron chi connectivity index (χ1n) is 8.33. The maximum atomic E-state index is 6.15. The van der Waals surface area contributed by atoms with Crippen LogP contribution in [0, 0.1) is 6.92 Å². The van der Waals surface area contributed by atoms with Crippen LogP contribution in [0.4, 0.5) is 0 Å². The van der Waals surface area contributed by atoms with Gasteiger partial charge in [-0.15, -0.1) is 0 Å². The first-order valence-corrected chi connectivity index (χ1v) is 8.70. The van der Waals surface area contributed by atoms with Gasteiger partial charge >= 0.3 is 0 Å². The molecule has 0 aromatic heterocycles. The van der Waals surface area contributed by atoms with E-state index in [1.165, 1.54) is 22.3 Å². The Kier molecular flexibility index (Phi) is 5.32. The van der Waals surface area contributed by atoms with Crippen molar-refractivity contribution in [2.45, 2.75) is 38.8 Å². The maximum Gasteiger partial charge on any atom is 0.122 e. The topological polar surface area (TPSA) is 30.5 Å². The van der Waals surface area contributed by atoms with Crippen molar-refractivity contribution in [1.29, 1.82) is 0 Å². The number of benzene rings is 2. The minimum atomic E-state index is 0.429. The summed E-state index contributed by atoms with van der Waals surface area (Å²) in [6.45, 7) is 2.90. The first kappa shape index (κ1) is 17.1. The van der Waals surface area contributed by atoms with E-state index >= 15 is 0 Å². The summed E-state index contributed by atoms with van der Waals surface area (Å²) < 4.78 is 11.1. The van der Waals surface area contributed by atoms with Gasteiger partial charge in [0.15, 0.2) is 0 Å². The van der Waals surface area contributed by atoms with Crippen LogP contribution < -0.4 is 14.8 Å². The van der Waals surface area contributed by atoms with Crippen LogP contribution in [0.25, 0.3) is 0 Å². The number of aryl methyl sites for hydroxylation is 1. The lowest BCUT2D eigenvalue weighted by atomic mass is 9.87. The fourth-order valence-electron chi connectivity index (χ4n) is 3.55. The lowest BCUT2D eigenvalue weighted by Gasteiger charge is -2.28. The summed E-state index contributed by atoms with van der Waals surface area (Å²) in [5.74, 6) is 1.92. The molecule has 1 atom stereocenters. The zero-order valence-corrected chi connectivity index (χ0v) is 15.2. The molecule has 0 fully saturated rings. The van der Waals surface area contributed by atoms with Gasteiger partial charge in [0.05, 0.1) is 14.2 Å². The number of rotatable bonds is 5. The summed E-state index contributed by atoms with van der Waals surface area (Å²) in [7, 11) is 3.46. The second-order valence-corrected chi connectivity index (χ2v) is 6.82. The molecule has 2 aromatic carbocycles. The normalized spacial score (nSPS) is 16.6. The molecule has 1 aliphatic carbocycles. The van der Waals surface area contributed by atoms with Gasteiger partial charge in [-0.1, -0.05) is 17.7 Å². The van der Waals surface area contributed by atoms with Crippen molar-refractivity contribution >= 4 is 11.6 Å². The van der Waals surface area contributed by atoms with Gasteiger partial charge in [0, 0.05) is 28.7 Å². The van der Waals surface area contributed by atoms with Crippen LogP contribution in [-0.4, -0.2) is 20.3 Å². The van der Waals surface area contributed by atoms with Crippen LogP contribution in [0.15, 0.2) is 30.3 Å². The Bertz CT molecular complexity index is 710. The van der Waals surface area contributed by atoms with Gasteiger partial charge < -0.3 is 14.8 Å². The monoisotopic (exact) mass is 345 g/mol. The maximum absolute atomic E-state index is 6.15. The van der Waals surface area contributed by atoms with Crippen molar-refractivity contribution in [3.63, 3.8) is 0 Å². The number of fused-ring (bicyclic) bond motifs is 1. The van der Waals surface area contributed by atoms with Crippen molar-refractivity contribution in [3.05, 3.63) is 57.6 Å². The first-order chi connectivity index (χ1) is 11.6. The van der Waals surface area contributed by atoms with Gasteiger partial charge in [0.2, 0.25) is 0 Å². The van der Waals surface area contributed by atoms with E-state index in [1.54, 1.807) is 14.2 Å². The van der Waals surface area contributed by atoms with Crippen molar-refractivity contribution in [2.75, 3.05) is 14.2 Å². The SMILES string of the molecule is COc1ccc(OC)c2c1CCC(NCc1cc(C)cc(Cl)c1)C2. The van der Waals surface area contributed by atoms with Crippen molar-refractivity contribution in [2.24, 2.45) is 0 Å². The minimum Gasteiger partial charge on any atom is -0.496 e. The minimum absolute atomic E-state index is 0.429. The zero-order valence-electron chi connectivity index (χ0n) is 14.5. The van der Waals surface area contributed by atoms with Crippen LogP contribution in [-0.2, 0) is 19.4 Å². The van der Waals surface area contributed by atoms with E-state index in [4.69, 9.17) is 21.1 Å². The number of ether oxygens (including phenoxy) is 2. The van der Waals surface area contributed by atoms with E-state index in [-0.39, 0.29) is 0 Å². The largest absolute Gasteiger partial charge is 0.496 e. The molecule has 0 radical (unpaired) electrons. The van der Waals surface area contributed by atoms with Crippen LogP contribution in [0.3, 0.4) is 0 Å². The molecule has 0 aliphatic heterocycles. The Morgan fingerprint density at radius 1 is 1.08 bits per heavy atom. The van der Waals surface area contributed by atoms with Crippen molar-refractivity contribution < 1.29 is 9.47 Å². The van der Waals surface area contributed by atoms with E-state index in [0.717, 1.165) is 42.3 Å². The molecule has 1 aliphatic rings. The predicted octanol–water partition coefficient (Wildman–Crippen LogP) is 4.31. The molecule has 2 aromatic rings. The van der Waals surface area contributed by atoms with Crippen LogP contribution in [0.2, 0.25) is 5.02 Å². The van der Waals surface area contributed by atoms with Crippen molar-refractivity contribution in [1.82, 2.24) is 5.32 Å². The molecule has 24 heavy (non-hydrogen) atoms. The summed E-state index contributed by atoms with van der Waals surface area (Å²) in [6.07, 6.45) is 3.05. The fourth-order valence-corrected chi connectivity index (χ4v) is 3.86. The Balaban J connectivity index is 1.73. The summed E-state index contributed by atoms with van der Waals surface area (Å²) in [4.78, 5) is 0. The number of hydrogen-bond donors (Lipinski definition) is 1. The van der Waals surface area contributed by atoms with E-state index in [0.29, 0.717) is 6.04 Å². The smallest absolute Gasteiger partial charge is 0.122 e. The molecule has 0 saturated heterocycles. The highest BCUT2D eigenvalue weighted by Gasteiger charge is 2.24. The molecule has 0 amide bonds. The van der Waals surface area contributed by atoms with Gasteiger partial charge in [0.25, 0.3) is 0 Å². The van der Waals surface area contributed by atoms with E-state index in [9.17, 15) is 0 Å². The third-order valence-corrected chi connectivity index (χ3v) is 4.89. The fraction of sp³-hybridized carbons (Fsp3) is 0.400. The van der Waals surface area contributed by atoms with Crippen LogP contribution in [0.5, 0.6) is 11.5 Å². The second kappa shape index (κ2) is 7.45. The molecule has 3 nitrogen and oxygen atoms in total. The molecular weight excluding hydrogens is 322 g/mol. The lowest BCUT2D eigenvalue weighted by molar-refractivity contribution is 0.376. The average molecular weight is 346 g/mol. The third-order valence-electron chi connectivity index (χ3n) is 4.68.